The highest BCUT2D eigenvalue weighted by molar-refractivity contribution is 5.80. The fourth-order valence-corrected chi connectivity index (χ4v) is 4.21. The molecule has 9 heteroatoms. The summed E-state index contributed by atoms with van der Waals surface area (Å²) in [7, 11) is 4.78. The molecular weight excluding hydrogens is 434 g/mol. The molecule has 0 aliphatic heterocycles. The van der Waals surface area contributed by atoms with E-state index < -0.39 is 11.2 Å². The lowest BCUT2D eigenvalue weighted by Crippen LogP contribution is -2.39. The van der Waals surface area contributed by atoms with Crippen molar-refractivity contribution in [2.24, 2.45) is 7.05 Å². The number of aryl methyl sites for hydroxylation is 1. The van der Waals surface area contributed by atoms with Crippen molar-refractivity contribution >= 4 is 16.9 Å². The van der Waals surface area contributed by atoms with Gasteiger partial charge in [0.15, 0.2) is 11.2 Å². The molecule has 0 radical (unpaired) electrons. The highest BCUT2D eigenvalue weighted by Crippen LogP contribution is 2.34. The van der Waals surface area contributed by atoms with Crippen LogP contribution in [0.3, 0.4) is 0 Å². The number of aromatic nitrogens is 5. The van der Waals surface area contributed by atoms with E-state index >= 15 is 0 Å². The van der Waals surface area contributed by atoms with Crippen LogP contribution in [0, 0.1) is 0 Å². The first-order valence-electron chi connectivity index (χ1n) is 10.6. The van der Waals surface area contributed by atoms with Crippen LogP contribution >= 0.6 is 0 Å². The Hall–Kier alpha value is -4.53. The standard InChI is InChI=1S/C25H23N5O4/c1-5-13-28-23(31)21-22(27(2)25(28)32)26-24-29(21)15-19(16-9-7-6-8-10-16)30(24)18-12-11-17(33-3)14-20(18)34-4/h5-12,14-15H,1,13H2,2-4H3. The van der Waals surface area contributed by atoms with Crippen molar-refractivity contribution in [1.29, 1.82) is 0 Å². The second-order valence-electron chi connectivity index (χ2n) is 7.75. The van der Waals surface area contributed by atoms with E-state index in [1.165, 1.54) is 10.6 Å². The number of imidazole rings is 2. The molecule has 5 aromatic rings. The van der Waals surface area contributed by atoms with Crippen LogP contribution < -0.4 is 20.7 Å². The van der Waals surface area contributed by atoms with Gasteiger partial charge in [-0.3, -0.25) is 22.9 Å². The first kappa shape index (κ1) is 21.3. The molecule has 9 nitrogen and oxygen atoms in total. The van der Waals surface area contributed by atoms with Gasteiger partial charge in [-0.05, 0) is 12.1 Å². The number of rotatable bonds is 6. The second kappa shape index (κ2) is 8.11. The number of fused-ring (bicyclic) bond motifs is 3. The molecule has 0 bridgehead atoms. The van der Waals surface area contributed by atoms with E-state index in [2.05, 4.69) is 6.58 Å². The van der Waals surface area contributed by atoms with Crippen LogP contribution in [0.4, 0.5) is 0 Å². The van der Waals surface area contributed by atoms with Crippen molar-refractivity contribution in [3.05, 3.63) is 88.2 Å². The molecule has 0 atom stereocenters. The number of hydrogen-bond acceptors (Lipinski definition) is 5. The topological polar surface area (TPSA) is 84.7 Å². The molecule has 34 heavy (non-hydrogen) atoms. The molecule has 0 spiro atoms. The van der Waals surface area contributed by atoms with Gasteiger partial charge in [-0.2, -0.15) is 4.98 Å². The molecule has 3 aromatic heterocycles. The zero-order chi connectivity index (χ0) is 24.0. The van der Waals surface area contributed by atoms with Gasteiger partial charge in [0.25, 0.3) is 5.56 Å². The summed E-state index contributed by atoms with van der Waals surface area (Å²) < 4.78 is 17.2. The summed E-state index contributed by atoms with van der Waals surface area (Å²) in [5.74, 6) is 1.69. The third kappa shape index (κ3) is 3.05. The Morgan fingerprint density at radius 3 is 2.50 bits per heavy atom. The minimum absolute atomic E-state index is 0.104. The maximum Gasteiger partial charge on any atom is 0.332 e. The molecular formula is C25H23N5O4. The monoisotopic (exact) mass is 457 g/mol. The minimum atomic E-state index is -0.449. The normalized spacial score (nSPS) is 11.3. The number of nitrogens with zero attached hydrogens (tertiary/aromatic N) is 5. The smallest absolute Gasteiger partial charge is 0.332 e. The van der Waals surface area contributed by atoms with Crippen molar-refractivity contribution in [3.8, 4) is 28.4 Å². The Labute approximate surface area is 194 Å². The van der Waals surface area contributed by atoms with Crippen molar-refractivity contribution in [2.45, 2.75) is 6.54 Å². The van der Waals surface area contributed by atoms with Crippen molar-refractivity contribution < 1.29 is 9.47 Å². The largest absolute Gasteiger partial charge is 0.497 e. The summed E-state index contributed by atoms with van der Waals surface area (Å²) in [4.78, 5) is 30.9. The summed E-state index contributed by atoms with van der Waals surface area (Å²) in [5, 5.41) is 0. The van der Waals surface area contributed by atoms with E-state index in [-0.39, 0.29) is 6.54 Å². The van der Waals surface area contributed by atoms with Crippen LogP contribution in [-0.4, -0.2) is 37.3 Å². The van der Waals surface area contributed by atoms with Gasteiger partial charge in [-0.1, -0.05) is 36.4 Å². The molecule has 0 N–H and O–H groups in total. The van der Waals surface area contributed by atoms with E-state index in [9.17, 15) is 9.59 Å². The predicted octanol–water partition coefficient (Wildman–Crippen LogP) is 3.01. The molecule has 0 amide bonds. The van der Waals surface area contributed by atoms with E-state index in [1.807, 2.05) is 53.2 Å². The highest BCUT2D eigenvalue weighted by atomic mass is 16.5. The Morgan fingerprint density at radius 1 is 1.06 bits per heavy atom. The van der Waals surface area contributed by atoms with Crippen LogP contribution in [0.5, 0.6) is 11.5 Å². The van der Waals surface area contributed by atoms with Crippen molar-refractivity contribution in [2.75, 3.05) is 14.2 Å². The van der Waals surface area contributed by atoms with Crippen molar-refractivity contribution in [1.82, 2.24) is 23.1 Å². The molecule has 172 valence electrons. The summed E-state index contributed by atoms with van der Waals surface area (Å²) >= 11 is 0. The van der Waals surface area contributed by atoms with Crippen LogP contribution in [0.15, 0.2) is 77.0 Å². The lowest BCUT2D eigenvalue weighted by atomic mass is 10.1. The quantitative estimate of drug-likeness (QED) is 0.366. The fraction of sp³-hybridized carbons (Fsp3) is 0.160. The fourth-order valence-electron chi connectivity index (χ4n) is 4.21. The van der Waals surface area contributed by atoms with E-state index in [4.69, 9.17) is 14.5 Å². The zero-order valence-corrected chi connectivity index (χ0v) is 19.1. The number of allylic oxidation sites excluding steroid dienone is 1. The average molecular weight is 457 g/mol. The van der Waals surface area contributed by atoms with Crippen LogP contribution in [0.2, 0.25) is 0 Å². The Balaban J connectivity index is 1.95. The number of methoxy groups -OCH3 is 2. The van der Waals surface area contributed by atoms with Gasteiger partial charge in [0, 0.05) is 31.4 Å². The average Bonchev–Trinajstić information content (AvgIpc) is 3.42. The SMILES string of the molecule is C=CCn1c(=O)c2c(nc3n(-c4ccc(OC)cc4OC)c(-c4ccccc4)cn23)n(C)c1=O. The summed E-state index contributed by atoms with van der Waals surface area (Å²) in [5.41, 5.74) is 2.17. The van der Waals surface area contributed by atoms with E-state index in [0.717, 1.165) is 15.8 Å². The van der Waals surface area contributed by atoms with E-state index in [1.54, 1.807) is 31.7 Å². The lowest BCUT2D eigenvalue weighted by Gasteiger charge is -2.14. The van der Waals surface area contributed by atoms with Gasteiger partial charge in [0.1, 0.15) is 11.5 Å². The first-order valence-corrected chi connectivity index (χ1v) is 10.6. The Kier molecular flexibility index (Phi) is 5.09. The Morgan fingerprint density at radius 2 is 1.82 bits per heavy atom. The molecule has 0 unspecified atom stereocenters. The number of hydrogen-bond donors (Lipinski definition) is 0. The first-order chi connectivity index (χ1) is 16.5. The summed E-state index contributed by atoms with van der Waals surface area (Å²) in [6, 6.07) is 15.3. The number of ether oxygens (including phenoxy) is 2. The molecule has 0 aliphatic carbocycles. The lowest BCUT2D eigenvalue weighted by molar-refractivity contribution is 0.393. The minimum Gasteiger partial charge on any atom is -0.497 e. The van der Waals surface area contributed by atoms with Gasteiger partial charge in [0.2, 0.25) is 5.78 Å². The van der Waals surface area contributed by atoms with Gasteiger partial charge >= 0.3 is 5.69 Å². The van der Waals surface area contributed by atoms with Gasteiger partial charge in [-0.25, -0.2) is 4.79 Å². The molecule has 3 heterocycles. The maximum absolute atomic E-state index is 13.4. The third-order valence-electron chi connectivity index (χ3n) is 5.86. The zero-order valence-electron chi connectivity index (χ0n) is 19.1. The number of benzene rings is 2. The van der Waals surface area contributed by atoms with Crippen LogP contribution in [-0.2, 0) is 13.6 Å². The maximum atomic E-state index is 13.4. The highest BCUT2D eigenvalue weighted by Gasteiger charge is 2.23. The van der Waals surface area contributed by atoms with Gasteiger partial charge in [-0.15, -0.1) is 6.58 Å². The third-order valence-corrected chi connectivity index (χ3v) is 5.86. The Bertz CT molecular complexity index is 1670. The van der Waals surface area contributed by atoms with Crippen LogP contribution in [0.1, 0.15) is 0 Å². The van der Waals surface area contributed by atoms with Gasteiger partial charge in [0.05, 0.1) is 25.6 Å². The summed E-state index contributed by atoms with van der Waals surface area (Å²) in [6.07, 6.45) is 3.38. The van der Waals surface area contributed by atoms with E-state index in [0.29, 0.717) is 34.1 Å². The molecule has 5 rings (SSSR count). The van der Waals surface area contributed by atoms with Crippen molar-refractivity contribution in [3.63, 3.8) is 0 Å². The van der Waals surface area contributed by atoms with Gasteiger partial charge < -0.3 is 9.47 Å². The molecule has 0 saturated heterocycles. The predicted molar refractivity (Wildman–Crippen MR) is 130 cm³/mol. The van der Waals surface area contributed by atoms with Crippen LogP contribution in [0.25, 0.3) is 33.9 Å². The second-order valence-corrected chi connectivity index (χ2v) is 7.75. The molecule has 0 fully saturated rings. The molecule has 0 saturated carbocycles. The molecule has 0 aliphatic rings. The summed E-state index contributed by atoms with van der Waals surface area (Å²) in [6.45, 7) is 3.77. The molecule has 2 aromatic carbocycles.